The first-order valence-corrected chi connectivity index (χ1v) is 5.84. The molecule has 96 valence electrons. The van der Waals surface area contributed by atoms with Gasteiger partial charge >= 0.3 is 0 Å². The second kappa shape index (κ2) is 8.00. The highest BCUT2D eigenvalue weighted by atomic mass is 16.7. The molecule has 1 aromatic rings. The van der Waals surface area contributed by atoms with Crippen LogP contribution >= 0.6 is 0 Å². The number of nitrogens with zero attached hydrogens (tertiary/aromatic N) is 1. The molecule has 0 saturated carbocycles. The number of hydrogen-bond acceptors (Lipinski definition) is 5. The Balaban J connectivity index is 2.27. The molecule has 0 aliphatic rings. The Bertz CT molecular complexity index is 297. The molecule has 0 bridgehead atoms. The molecule has 0 spiro atoms. The van der Waals surface area contributed by atoms with E-state index >= 15 is 0 Å². The molecule has 5 heteroatoms. The lowest BCUT2D eigenvalue weighted by atomic mass is 10.3. The SMILES string of the molecule is CCOC(CNCc1ccc(O)cn1)OCC. The van der Waals surface area contributed by atoms with Gasteiger partial charge in [-0.3, -0.25) is 4.98 Å². The zero-order valence-electron chi connectivity index (χ0n) is 10.3. The van der Waals surface area contributed by atoms with Gasteiger partial charge in [0.2, 0.25) is 0 Å². The van der Waals surface area contributed by atoms with Gasteiger partial charge in [-0.25, -0.2) is 0 Å². The van der Waals surface area contributed by atoms with Crippen molar-refractivity contribution < 1.29 is 14.6 Å². The first kappa shape index (κ1) is 13.9. The second-order valence-corrected chi connectivity index (χ2v) is 3.48. The third-order valence-electron chi connectivity index (χ3n) is 2.13. The van der Waals surface area contributed by atoms with Crippen molar-refractivity contribution in [3.05, 3.63) is 24.0 Å². The lowest BCUT2D eigenvalue weighted by Crippen LogP contribution is -2.31. The number of nitrogens with one attached hydrogen (secondary N) is 1. The molecule has 0 amide bonds. The lowest BCUT2D eigenvalue weighted by molar-refractivity contribution is -0.133. The van der Waals surface area contributed by atoms with Crippen molar-refractivity contribution in [2.24, 2.45) is 0 Å². The van der Waals surface area contributed by atoms with E-state index in [4.69, 9.17) is 14.6 Å². The number of pyridine rings is 1. The monoisotopic (exact) mass is 240 g/mol. The smallest absolute Gasteiger partial charge is 0.169 e. The Hall–Kier alpha value is -1.17. The molecule has 0 unspecified atom stereocenters. The molecule has 0 atom stereocenters. The van der Waals surface area contributed by atoms with E-state index in [1.165, 1.54) is 6.20 Å². The zero-order valence-corrected chi connectivity index (χ0v) is 10.3. The van der Waals surface area contributed by atoms with Crippen LogP contribution in [-0.4, -0.2) is 36.1 Å². The summed E-state index contributed by atoms with van der Waals surface area (Å²) in [5.74, 6) is 0.176. The maximum atomic E-state index is 9.09. The van der Waals surface area contributed by atoms with E-state index in [1.807, 2.05) is 13.8 Å². The quantitative estimate of drug-likeness (QED) is 0.670. The average molecular weight is 240 g/mol. The number of aromatic hydroxyl groups is 1. The summed E-state index contributed by atoms with van der Waals surface area (Å²) in [7, 11) is 0. The van der Waals surface area contributed by atoms with Crippen molar-refractivity contribution >= 4 is 0 Å². The second-order valence-electron chi connectivity index (χ2n) is 3.48. The van der Waals surface area contributed by atoms with Crippen LogP contribution < -0.4 is 5.32 Å². The largest absolute Gasteiger partial charge is 0.506 e. The van der Waals surface area contributed by atoms with Gasteiger partial charge in [-0.2, -0.15) is 0 Å². The number of aromatic nitrogens is 1. The molecule has 2 N–H and O–H groups in total. The van der Waals surface area contributed by atoms with E-state index in [2.05, 4.69) is 10.3 Å². The summed E-state index contributed by atoms with van der Waals surface area (Å²) in [6, 6.07) is 3.39. The van der Waals surface area contributed by atoms with Gasteiger partial charge in [0.05, 0.1) is 11.9 Å². The molecule has 1 aromatic heterocycles. The van der Waals surface area contributed by atoms with Crippen LogP contribution in [0.3, 0.4) is 0 Å². The van der Waals surface area contributed by atoms with Gasteiger partial charge in [-0.05, 0) is 26.0 Å². The van der Waals surface area contributed by atoms with Crippen LogP contribution in [0.15, 0.2) is 18.3 Å². The minimum Gasteiger partial charge on any atom is -0.506 e. The highest BCUT2D eigenvalue weighted by Crippen LogP contribution is 2.05. The standard InChI is InChI=1S/C12H20N2O3/c1-3-16-12(17-4-2)9-13-7-10-5-6-11(15)8-14-10/h5-6,8,12-13,15H,3-4,7,9H2,1-2H3. The fourth-order valence-corrected chi connectivity index (χ4v) is 1.38. The van der Waals surface area contributed by atoms with Crippen molar-refractivity contribution in [2.75, 3.05) is 19.8 Å². The fourth-order valence-electron chi connectivity index (χ4n) is 1.38. The van der Waals surface area contributed by atoms with Gasteiger partial charge in [0.15, 0.2) is 6.29 Å². The minimum atomic E-state index is -0.220. The summed E-state index contributed by atoms with van der Waals surface area (Å²) in [6.45, 7) is 6.37. The van der Waals surface area contributed by atoms with E-state index in [-0.39, 0.29) is 12.0 Å². The molecule has 0 aromatic carbocycles. The Labute approximate surface area is 102 Å². The summed E-state index contributed by atoms with van der Waals surface area (Å²) in [5.41, 5.74) is 0.870. The maximum absolute atomic E-state index is 9.09. The zero-order chi connectivity index (χ0) is 12.5. The Morgan fingerprint density at radius 1 is 1.29 bits per heavy atom. The van der Waals surface area contributed by atoms with Crippen LogP contribution in [0, 0.1) is 0 Å². The van der Waals surface area contributed by atoms with Crippen LogP contribution in [0.25, 0.3) is 0 Å². The van der Waals surface area contributed by atoms with Gasteiger partial charge in [0.25, 0.3) is 0 Å². The topological polar surface area (TPSA) is 63.6 Å². The first-order chi connectivity index (χ1) is 8.26. The van der Waals surface area contributed by atoms with E-state index in [1.54, 1.807) is 12.1 Å². The minimum absolute atomic E-state index is 0.176. The summed E-state index contributed by atoms with van der Waals surface area (Å²) in [6.07, 6.45) is 1.21. The van der Waals surface area contributed by atoms with E-state index in [9.17, 15) is 0 Å². The van der Waals surface area contributed by atoms with Crippen LogP contribution in [0.1, 0.15) is 19.5 Å². The number of ether oxygens (including phenoxy) is 2. The van der Waals surface area contributed by atoms with Crippen LogP contribution in [0.4, 0.5) is 0 Å². The van der Waals surface area contributed by atoms with Gasteiger partial charge in [0, 0.05) is 26.3 Å². The van der Waals surface area contributed by atoms with Gasteiger partial charge in [-0.15, -0.1) is 0 Å². The van der Waals surface area contributed by atoms with Crippen molar-refractivity contribution in [1.29, 1.82) is 0 Å². The van der Waals surface area contributed by atoms with Gasteiger partial charge in [0.1, 0.15) is 5.75 Å². The molecule has 0 radical (unpaired) electrons. The van der Waals surface area contributed by atoms with Gasteiger partial charge in [-0.1, -0.05) is 0 Å². The Morgan fingerprint density at radius 2 is 2.00 bits per heavy atom. The third kappa shape index (κ3) is 5.63. The summed E-state index contributed by atoms with van der Waals surface area (Å²) in [5, 5.41) is 12.3. The summed E-state index contributed by atoms with van der Waals surface area (Å²) in [4.78, 5) is 4.07. The molecular formula is C12H20N2O3. The maximum Gasteiger partial charge on any atom is 0.169 e. The molecule has 5 nitrogen and oxygen atoms in total. The number of hydrogen-bond donors (Lipinski definition) is 2. The highest BCUT2D eigenvalue weighted by molar-refractivity contribution is 5.17. The molecule has 1 rings (SSSR count). The van der Waals surface area contributed by atoms with Crippen molar-refractivity contribution in [2.45, 2.75) is 26.7 Å². The average Bonchev–Trinajstić information content (AvgIpc) is 2.32. The fraction of sp³-hybridized carbons (Fsp3) is 0.583. The molecular weight excluding hydrogens is 220 g/mol. The van der Waals surface area contributed by atoms with Crippen molar-refractivity contribution in [3.8, 4) is 5.75 Å². The molecule has 0 aliphatic heterocycles. The molecule has 1 heterocycles. The van der Waals surface area contributed by atoms with Crippen molar-refractivity contribution in [1.82, 2.24) is 10.3 Å². The van der Waals surface area contributed by atoms with E-state index in [0.29, 0.717) is 26.3 Å². The Morgan fingerprint density at radius 3 is 2.53 bits per heavy atom. The van der Waals surface area contributed by atoms with Crippen LogP contribution in [0.5, 0.6) is 5.75 Å². The molecule has 0 aliphatic carbocycles. The molecule has 17 heavy (non-hydrogen) atoms. The summed E-state index contributed by atoms with van der Waals surface area (Å²) >= 11 is 0. The normalized spacial score (nSPS) is 11.0. The predicted octanol–water partition coefficient (Wildman–Crippen LogP) is 1.28. The molecule has 0 fully saturated rings. The predicted molar refractivity (Wildman–Crippen MR) is 64.6 cm³/mol. The Kier molecular flexibility index (Phi) is 6.54. The van der Waals surface area contributed by atoms with Crippen molar-refractivity contribution in [3.63, 3.8) is 0 Å². The van der Waals surface area contributed by atoms with E-state index < -0.39 is 0 Å². The van der Waals surface area contributed by atoms with Crippen LogP contribution in [-0.2, 0) is 16.0 Å². The molecule has 0 saturated heterocycles. The van der Waals surface area contributed by atoms with Crippen LogP contribution in [0.2, 0.25) is 0 Å². The number of rotatable bonds is 8. The van der Waals surface area contributed by atoms with Gasteiger partial charge < -0.3 is 19.9 Å². The highest BCUT2D eigenvalue weighted by Gasteiger charge is 2.06. The third-order valence-corrected chi connectivity index (χ3v) is 2.13. The lowest BCUT2D eigenvalue weighted by Gasteiger charge is -2.17. The van der Waals surface area contributed by atoms with E-state index in [0.717, 1.165) is 5.69 Å². The first-order valence-electron chi connectivity index (χ1n) is 5.84. The summed E-state index contributed by atoms with van der Waals surface area (Å²) < 4.78 is 10.8.